The number of aromatic nitrogens is 2. The maximum Gasteiger partial charge on any atom is 0.248 e. The molecule has 0 spiro atoms. The lowest BCUT2D eigenvalue weighted by atomic mass is 10.1. The predicted molar refractivity (Wildman–Crippen MR) is 68.1 cm³/mol. The van der Waals surface area contributed by atoms with Crippen molar-refractivity contribution in [3.8, 4) is 17.2 Å². The van der Waals surface area contributed by atoms with Crippen molar-refractivity contribution < 1.29 is 9.52 Å². The van der Waals surface area contributed by atoms with E-state index in [0.29, 0.717) is 18.3 Å². The highest BCUT2D eigenvalue weighted by Crippen LogP contribution is 2.27. The fourth-order valence-electron chi connectivity index (χ4n) is 1.66. The highest BCUT2D eigenvalue weighted by Gasteiger charge is 2.12. The summed E-state index contributed by atoms with van der Waals surface area (Å²) >= 11 is 0. The van der Waals surface area contributed by atoms with E-state index >= 15 is 0 Å². The first-order valence-corrected chi connectivity index (χ1v) is 6.04. The fraction of sp³-hybridized carbons (Fsp3) is 0.385. The molecule has 18 heavy (non-hydrogen) atoms. The number of benzene rings is 1. The Balaban J connectivity index is 2.16. The molecule has 5 nitrogen and oxygen atoms in total. The lowest BCUT2D eigenvalue weighted by molar-refractivity contribution is 0.467. The number of nitrogens with zero attached hydrogens (tertiary/aromatic N) is 2. The second-order valence-electron chi connectivity index (χ2n) is 4.13. The average molecular weight is 247 g/mol. The molecule has 0 saturated carbocycles. The highest BCUT2D eigenvalue weighted by molar-refractivity contribution is 5.61. The Kier molecular flexibility index (Phi) is 3.94. The van der Waals surface area contributed by atoms with Gasteiger partial charge >= 0.3 is 0 Å². The molecule has 2 rings (SSSR count). The molecule has 1 heterocycles. The van der Waals surface area contributed by atoms with E-state index in [1.807, 2.05) is 13.0 Å². The van der Waals surface area contributed by atoms with Gasteiger partial charge in [0.2, 0.25) is 11.8 Å². The van der Waals surface area contributed by atoms with Crippen LogP contribution in [0.5, 0.6) is 5.75 Å². The monoisotopic (exact) mass is 247 g/mol. The summed E-state index contributed by atoms with van der Waals surface area (Å²) in [5.41, 5.74) is 1.51. The molecule has 0 fully saturated rings. The number of hydrogen-bond donors (Lipinski definition) is 2. The van der Waals surface area contributed by atoms with Crippen LogP contribution in [0.2, 0.25) is 0 Å². The van der Waals surface area contributed by atoms with Crippen LogP contribution in [-0.4, -0.2) is 21.8 Å². The summed E-state index contributed by atoms with van der Waals surface area (Å²) in [5.74, 6) is 1.23. The van der Waals surface area contributed by atoms with Gasteiger partial charge in [0.25, 0.3) is 0 Å². The van der Waals surface area contributed by atoms with Crippen molar-refractivity contribution in [1.29, 1.82) is 0 Å². The number of phenolic OH excluding ortho intramolecular Hbond substituents is 1. The Morgan fingerprint density at radius 2 is 2.17 bits per heavy atom. The molecule has 0 unspecified atom stereocenters. The molecule has 0 radical (unpaired) electrons. The standard InChI is InChI=1S/C13H17N3O2/c1-3-7-14-8-12-15-16-13(18-12)10-5-4-6-11(17)9(10)2/h4-6,14,17H,3,7-8H2,1-2H3. The van der Waals surface area contributed by atoms with Gasteiger partial charge in [0.05, 0.1) is 6.54 Å². The van der Waals surface area contributed by atoms with E-state index in [-0.39, 0.29) is 5.75 Å². The van der Waals surface area contributed by atoms with Crippen LogP contribution in [0.15, 0.2) is 22.6 Å². The highest BCUT2D eigenvalue weighted by atomic mass is 16.4. The van der Waals surface area contributed by atoms with E-state index in [9.17, 15) is 5.11 Å². The first-order chi connectivity index (χ1) is 8.72. The fourth-order valence-corrected chi connectivity index (χ4v) is 1.66. The lowest BCUT2D eigenvalue weighted by Gasteiger charge is -2.02. The van der Waals surface area contributed by atoms with Crippen LogP contribution in [0.25, 0.3) is 11.5 Å². The van der Waals surface area contributed by atoms with Gasteiger partial charge < -0.3 is 14.8 Å². The van der Waals surface area contributed by atoms with Crippen LogP contribution in [0.3, 0.4) is 0 Å². The second kappa shape index (κ2) is 5.64. The van der Waals surface area contributed by atoms with Crippen molar-refractivity contribution in [2.75, 3.05) is 6.54 Å². The van der Waals surface area contributed by atoms with Crippen LogP contribution < -0.4 is 5.32 Å². The first-order valence-electron chi connectivity index (χ1n) is 6.04. The van der Waals surface area contributed by atoms with E-state index in [4.69, 9.17) is 4.42 Å². The van der Waals surface area contributed by atoms with Gasteiger partial charge in [0.15, 0.2) is 0 Å². The predicted octanol–water partition coefficient (Wildman–Crippen LogP) is 2.25. The van der Waals surface area contributed by atoms with Crippen LogP contribution in [0, 0.1) is 6.92 Å². The van der Waals surface area contributed by atoms with Gasteiger partial charge in [-0.25, -0.2) is 0 Å². The third kappa shape index (κ3) is 2.68. The Labute approximate surface area is 106 Å². The quantitative estimate of drug-likeness (QED) is 0.793. The molecule has 5 heteroatoms. The summed E-state index contributed by atoms with van der Waals surface area (Å²) in [6, 6.07) is 5.25. The van der Waals surface area contributed by atoms with Gasteiger partial charge in [-0.15, -0.1) is 10.2 Å². The molecule has 0 bridgehead atoms. The van der Waals surface area contributed by atoms with E-state index in [1.54, 1.807) is 12.1 Å². The number of hydrogen-bond acceptors (Lipinski definition) is 5. The summed E-state index contributed by atoms with van der Waals surface area (Å²) in [4.78, 5) is 0. The van der Waals surface area contributed by atoms with E-state index in [2.05, 4.69) is 22.4 Å². The van der Waals surface area contributed by atoms with Crippen molar-refractivity contribution in [3.05, 3.63) is 29.7 Å². The maximum atomic E-state index is 9.64. The molecule has 1 aromatic carbocycles. The Morgan fingerprint density at radius 3 is 2.94 bits per heavy atom. The lowest BCUT2D eigenvalue weighted by Crippen LogP contribution is -2.13. The Hall–Kier alpha value is -1.88. The molecule has 0 amide bonds. The number of nitrogens with one attached hydrogen (secondary N) is 1. The van der Waals surface area contributed by atoms with Crippen molar-refractivity contribution in [3.63, 3.8) is 0 Å². The zero-order valence-corrected chi connectivity index (χ0v) is 10.6. The molecule has 0 aliphatic carbocycles. The van der Waals surface area contributed by atoms with Gasteiger partial charge in [-0.2, -0.15) is 0 Å². The van der Waals surface area contributed by atoms with Crippen LogP contribution in [0.4, 0.5) is 0 Å². The van der Waals surface area contributed by atoms with Crippen LogP contribution in [0.1, 0.15) is 24.8 Å². The van der Waals surface area contributed by atoms with Gasteiger partial charge in [-0.3, -0.25) is 0 Å². The normalized spacial score (nSPS) is 10.8. The van der Waals surface area contributed by atoms with Gasteiger partial charge in [-0.05, 0) is 32.0 Å². The SMILES string of the molecule is CCCNCc1nnc(-c2cccc(O)c2C)o1. The van der Waals surface area contributed by atoms with Crippen LogP contribution >= 0.6 is 0 Å². The summed E-state index contributed by atoms with van der Waals surface area (Å²) in [5, 5.41) is 20.8. The third-order valence-corrected chi connectivity index (χ3v) is 2.71. The van der Waals surface area contributed by atoms with Crippen molar-refractivity contribution in [1.82, 2.24) is 15.5 Å². The van der Waals surface area contributed by atoms with Gasteiger partial charge in [0.1, 0.15) is 5.75 Å². The number of phenols is 1. The molecular formula is C13H17N3O2. The molecule has 2 aromatic rings. The number of aromatic hydroxyl groups is 1. The third-order valence-electron chi connectivity index (χ3n) is 2.71. The average Bonchev–Trinajstić information content (AvgIpc) is 2.82. The largest absolute Gasteiger partial charge is 0.508 e. The smallest absolute Gasteiger partial charge is 0.248 e. The second-order valence-corrected chi connectivity index (χ2v) is 4.13. The zero-order valence-electron chi connectivity index (χ0n) is 10.6. The summed E-state index contributed by atoms with van der Waals surface area (Å²) < 4.78 is 5.56. The molecule has 2 N–H and O–H groups in total. The first kappa shape index (κ1) is 12.6. The van der Waals surface area contributed by atoms with Crippen molar-refractivity contribution in [2.45, 2.75) is 26.8 Å². The van der Waals surface area contributed by atoms with E-state index in [0.717, 1.165) is 24.1 Å². The zero-order chi connectivity index (χ0) is 13.0. The molecular weight excluding hydrogens is 230 g/mol. The van der Waals surface area contributed by atoms with Crippen molar-refractivity contribution >= 4 is 0 Å². The van der Waals surface area contributed by atoms with E-state index in [1.165, 1.54) is 0 Å². The minimum Gasteiger partial charge on any atom is -0.508 e. The molecule has 96 valence electrons. The van der Waals surface area contributed by atoms with Gasteiger partial charge in [-0.1, -0.05) is 13.0 Å². The summed E-state index contributed by atoms with van der Waals surface area (Å²) in [6.07, 6.45) is 1.06. The summed E-state index contributed by atoms with van der Waals surface area (Å²) in [7, 11) is 0. The summed E-state index contributed by atoms with van der Waals surface area (Å²) in [6.45, 7) is 5.41. The van der Waals surface area contributed by atoms with Crippen LogP contribution in [-0.2, 0) is 6.54 Å². The molecule has 0 atom stereocenters. The maximum absolute atomic E-state index is 9.64. The topological polar surface area (TPSA) is 71.2 Å². The number of rotatable bonds is 5. The molecule has 0 saturated heterocycles. The van der Waals surface area contributed by atoms with Gasteiger partial charge in [0, 0.05) is 11.1 Å². The van der Waals surface area contributed by atoms with E-state index < -0.39 is 0 Å². The molecule has 0 aliphatic rings. The minimum absolute atomic E-state index is 0.233. The minimum atomic E-state index is 0.233. The molecule has 1 aromatic heterocycles. The van der Waals surface area contributed by atoms with Crippen molar-refractivity contribution in [2.24, 2.45) is 0 Å². The molecule has 0 aliphatic heterocycles. The Morgan fingerprint density at radius 1 is 1.33 bits per heavy atom. The Bertz CT molecular complexity index is 523.